The second kappa shape index (κ2) is 12.8. The molecule has 1 unspecified atom stereocenters. The summed E-state index contributed by atoms with van der Waals surface area (Å²) in [5, 5.41) is 10.9. The van der Waals surface area contributed by atoms with E-state index in [4.69, 9.17) is 14.3 Å². The van der Waals surface area contributed by atoms with Crippen molar-refractivity contribution in [3.8, 4) is 0 Å². The molecule has 0 aromatic carbocycles. The Hall–Kier alpha value is -1.88. The molecule has 1 aliphatic heterocycles. The number of morpholine rings is 1. The first-order valence-electron chi connectivity index (χ1n) is 10.9. The Kier molecular flexibility index (Phi) is 10.5. The van der Waals surface area contributed by atoms with Crippen LogP contribution in [0.15, 0.2) is 27.8 Å². The Balaban J connectivity index is 0.00000341. The molecule has 0 spiro atoms. The van der Waals surface area contributed by atoms with Gasteiger partial charge in [-0.2, -0.15) is 0 Å². The third kappa shape index (κ3) is 7.06. The molecule has 0 saturated carbocycles. The molecule has 1 atom stereocenters. The largest absolute Gasteiger partial charge is 0.375 e. The van der Waals surface area contributed by atoms with Crippen molar-refractivity contribution in [2.45, 2.75) is 59.7 Å². The van der Waals surface area contributed by atoms with Gasteiger partial charge in [0.05, 0.1) is 24.9 Å². The molecule has 1 aliphatic rings. The third-order valence-electron chi connectivity index (χ3n) is 5.18. The summed E-state index contributed by atoms with van der Waals surface area (Å²) in [6, 6.07) is 4.14. The molecule has 2 N–H and O–H groups in total. The number of halogens is 1. The van der Waals surface area contributed by atoms with Crippen LogP contribution in [0.2, 0.25) is 0 Å². The van der Waals surface area contributed by atoms with E-state index in [1.165, 1.54) is 0 Å². The van der Waals surface area contributed by atoms with Crippen LogP contribution in [0.25, 0.3) is 0 Å². The van der Waals surface area contributed by atoms with Crippen LogP contribution in [0.4, 0.5) is 5.82 Å². The summed E-state index contributed by atoms with van der Waals surface area (Å²) < 4.78 is 11.1. The summed E-state index contributed by atoms with van der Waals surface area (Å²) in [6.45, 7) is 12.8. The van der Waals surface area contributed by atoms with Crippen LogP contribution in [0.1, 0.15) is 50.3 Å². The highest BCUT2D eigenvalue weighted by Gasteiger charge is 2.18. The lowest BCUT2D eigenvalue weighted by Crippen LogP contribution is -2.41. The number of guanidine groups is 1. The maximum absolute atomic E-state index is 5.64. The van der Waals surface area contributed by atoms with Crippen molar-refractivity contribution in [3.05, 3.63) is 40.9 Å². The van der Waals surface area contributed by atoms with E-state index in [2.05, 4.69) is 59.4 Å². The standard InChI is InChI=1S/C22H34N6O2.HI/c1-5-19-18(20(6-2)30-27-19)14-26-22(23-7-3)25-13-17-8-9-24-21(12-17)28-10-11-29-16(4)15-28;/h8-9,12,16H,5-7,10-11,13-15H2,1-4H3,(H2,23,25,26);1H. The predicted molar refractivity (Wildman–Crippen MR) is 134 cm³/mol. The Morgan fingerprint density at radius 1 is 1.26 bits per heavy atom. The monoisotopic (exact) mass is 542 g/mol. The number of nitrogens with one attached hydrogen (secondary N) is 2. The van der Waals surface area contributed by atoms with Crippen molar-refractivity contribution in [2.75, 3.05) is 31.1 Å². The van der Waals surface area contributed by atoms with Gasteiger partial charge in [0.2, 0.25) is 0 Å². The molecule has 3 rings (SSSR count). The fourth-order valence-electron chi connectivity index (χ4n) is 3.58. The van der Waals surface area contributed by atoms with E-state index in [0.29, 0.717) is 13.1 Å². The third-order valence-corrected chi connectivity index (χ3v) is 5.18. The summed E-state index contributed by atoms with van der Waals surface area (Å²) in [6.07, 6.45) is 3.77. The van der Waals surface area contributed by atoms with E-state index in [-0.39, 0.29) is 30.1 Å². The van der Waals surface area contributed by atoms with E-state index >= 15 is 0 Å². The van der Waals surface area contributed by atoms with Gasteiger partial charge >= 0.3 is 0 Å². The number of aryl methyl sites for hydroxylation is 2. The van der Waals surface area contributed by atoms with Crippen molar-refractivity contribution in [2.24, 2.45) is 4.99 Å². The van der Waals surface area contributed by atoms with Crippen molar-refractivity contribution < 1.29 is 9.26 Å². The number of rotatable bonds is 8. The molecule has 3 heterocycles. The van der Waals surface area contributed by atoms with E-state index in [1.54, 1.807) is 0 Å². The maximum atomic E-state index is 5.64. The van der Waals surface area contributed by atoms with Gasteiger partial charge in [-0.15, -0.1) is 24.0 Å². The SMILES string of the molecule is CCNC(=NCc1ccnc(N2CCOC(C)C2)c1)NCc1c(CC)noc1CC.I. The second-order valence-electron chi connectivity index (χ2n) is 7.44. The highest BCUT2D eigenvalue weighted by molar-refractivity contribution is 14.0. The molecule has 2 aromatic heterocycles. The number of hydrogen-bond donors (Lipinski definition) is 2. The number of ether oxygens (including phenoxy) is 1. The Bertz CT molecular complexity index is 820. The maximum Gasteiger partial charge on any atom is 0.191 e. The zero-order valence-corrected chi connectivity index (χ0v) is 21.3. The molecule has 0 aliphatic carbocycles. The van der Waals surface area contributed by atoms with Crippen LogP contribution in [0, 0.1) is 0 Å². The molecule has 8 nitrogen and oxygen atoms in total. The molecule has 1 saturated heterocycles. The summed E-state index contributed by atoms with van der Waals surface area (Å²) in [5.41, 5.74) is 3.27. The van der Waals surface area contributed by atoms with E-state index in [0.717, 1.165) is 73.4 Å². The number of aliphatic imine (C=N–C) groups is 1. The van der Waals surface area contributed by atoms with Gasteiger partial charge in [0.25, 0.3) is 0 Å². The van der Waals surface area contributed by atoms with E-state index < -0.39 is 0 Å². The van der Waals surface area contributed by atoms with E-state index in [1.807, 2.05) is 12.3 Å². The lowest BCUT2D eigenvalue weighted by atomic mass is 10.1. The van der Waals surface area contributed by atoms with Gasteiger partial charge in [0, 0.05) is 44.4 Å². The second-order valence-corrected chi connectivity index (χ2v) is 7.44. The fourth-order valence-corrected chi connectivity index (χ4v) is 3.58. The zero-order chi connectivity index (χ0) is 21.3. The smallest absolute Gasteiger partial charge is 0.191 e. The number of pyridine rings is 1. The Morgan fingerprint density at radius 3 is 2.81 bits per heavy atom. The van der Waals surface area contributed by atoms with Gasteiger partial charge in [0.1, 0.15) is 11.6 Å². The summed E-state index contributed by atoms with van der Waals surface area (Å²) in [7, 11) is 0. The lowest BCUT2D eigenvalue weighted by Gasteiger charge is -2.32. The minimum atomic E-state index is 0. The molecule has 9 heteroatoms. The van der Waals surface area contributed by atoms with Crippen LogP contribution >= 0.6 is 24.0 Å². The van der Waals surface area contributed by atoms with Gasteiger partial charge in [-0.1, -0.05) is 19.0 Å². The van der Waals surface area contributed by atoms with Gasteiger partial charge in [-0.25, -0.2) is 9.98 Å². The molecular formula is C22H35IN6O2. The van der Waals surface area contributed by atoms with E-state index in [9.17, 15) is 0 Å². The molecule has 31 heavy (non-hydrogen) atoms. The van der Waals surface area contributed by atoms with Crippen molar-refractivity contribution >= 4 is 35.8 Å². The molecular weight excluding hydrogens is 507 g/mol. The van der Waals surface area contributed by atoms with Gasteiger partial charge < -0.3 is 24.8 Å². The van der Waals surface area contributed by atoms with Crippen LogP contribution in [-0.4, -0.2) is 48.4 Å². The summed E-state index contributed by atoms with van der Waals surface area (Å²) in [5.74, 6) is 2.70. The van der Waals surface area contributed by atoms with Crippen LogP contribution in [0.3, 0.4) is 0 Å². The summed E-state index contributed by atoms with van der Waals surface area (Å²) in [4.78, 5) is 11.6. The molecule has 0 bridgehead atoms. The zero-order valence-electron chi connectivity index (χ0n) is 19.0. The minimum Gasteiger partial charge on any atom is -0.375 e. The number of aromatic nitrogens is 2. The highest BCUT2D eigenvalue weighted by Crippen LogP contribution is 2.17. The summed E-state index contributed by atoms with van der Waals surface area (Å²) >= 11 is 0. The molecule has 0 radical (unpaired) electrons. The predicted octanol–water partition coefficient (Wildman–Crippen LogP) is 3.29. The van der Waals surface area contributed by atoms with Crippen LogP contribution < -0.4 is 15.5 Å². The molecule has 2 aromatic rings. The fraction of sp³-hybridized carbons (Fsp3) is 0.591. The minimum absolute atomic E-state index is 0. The van der Waals surface area contributed by atoms with Gasteiger partial charge in [0.15, 0.2) is 5.96 Å². The Labute approximate surface area is 202 Å². The average molecular weight is 542 g/mol. The molecule has 1 fully saturated rings. The average Bonchev–Trinajstić information content (AvgIpc) is 3.18. The molecule has 0 amide bonds. The van der Waals surface area contributed by atoms with Crippen molar-refractivity contribution in [3.63, 3.8) is 0 Å². The first kappa shape index (κ1) is 25.4. The number of anilines is 1. The van der Waals surface area contributed by atoms with Crippen LogP contribution in [-0.2, 0) is 30.7 Å². The highest BCUT2D eigenvalue weighted by atomic mass is 127. The Morgan fingerprint density at radius 2 is 2.10 bits per heavy atom. The first-order valence-corrected chi connectivity index (χ1v) is 10.9. The van der Waals surface area contributed by atoms with Gasteiger partial charge in [-0.05, 0) is 38.0 Å². The lowest BCUT2D eigenvalue weighted by molar-refractivity contribution is 0.0529. The van der Waals surface area contributed by atoms with Crippen molar-refractivity contribution in [1.29, 1.82) is 0 Å². The molecule has 172 valence electrons. The number of nitrogens with zero attached hydrogens (tertiary/aromatic N) is 4. The normalized spacial score (nSPS) is 16.7. The topological polar surface area (TPSA) is 87.8 Å². The first-order chi connectivity index (χ1) is 14.6. The van der Waals surface area contributed by atoms with Crippen molar-refractivity contribution in [1.82, 2.24) is 20.8 Å². The number of hydrogen-bond acceptors (Lipinski definition) is 6. The van der Waals surface area contributed by atoms with Crippen LogP contribution in [0.5, 0.6) is 0 Å². The quantitative estimate of drug-likeness (QED) is 0.301. The van der Waals surface area contributed by atoms with Gasteiger partial charge in [-0.3, -0.25) is 0 Å².